The normalized spacial score (nSPS) is 19.9. The Kier molecular flexibility index (Phi) is 4.63. The molecule has 136 valence electrons. The van der Waals surface area contributed by atoms with Crippen molar-refractivity contribution in [3.05, 3.63) is 47.3 Å². The summed E-state index contributed by atoms with van der Waals surface area (Å²) in [6.45, 7) is 2.41. The van der Waals surface area contributed by atoms with Gasteiger partial charge in [0.15, 0.2) is 0 Å². The van der Waals surface area contributed by atoms with Crippen molar-refractivity contribution in [2.45, 2.75) is 36.8 Å². The molecule has 1 aliphatic heterocycles. The summed E-state index contributed by atoms with van der Waals surface area (Å²) in [7, 11) is -3.98. The molecule has 1 unspecified atom stereocenters. The van der Waals surface area contributed by atoms with E-state index in [0.29, 0.717) is 19.0 Å². The van der Waals surface area contributed by atoms with Gasteiger partial charge in [-0.2, -0.15) is 22.6 Å². The molecular weight excluding hydrogens is 355 g/mol. The second-order valence-corrected chi connectivity index (χ2v) is 8.13. The quantitative estimate of drug-likeness (QED) is 0.898. The van der Waals surface area contributed by atoms with Crippen LogP contribution in [0.25, 0.3) is 0 Å². The second-order valence-electron chi connectivity index (χ2n) is 6.19. The molecule has 0 spiro atoms. The van der Waals surface area contributed by atoms with Gasteiger partial charge in [0.2, 0.25) is 10.0 Å². The van der Waals surface area contributed by atoms with Crippen molar-refractivity contribution in [2.24, 2.45) is 0 Å². The van der Waals surface area contributed by atoms with Gasteiger partial charge < -0.3 is 0 Å². The first-order valence-electron chi connectivity index (χ1n) is 7.87. The molecule has 5 nitrogen and oxygen atoms in total. The van der Waals surface area contributed by atoms with E-state index in [1.165, 1.54) is 10.4 Å². The van der Waals surface area contributed by atoms with E-state index < -0.39 is 21.8 Å². The van der Waals surface area contributed by atoms with Crippen molar-refractivity contribution >= 4 is 10.0 Å². The minimum Gasteiger partial charge on any atom is -0.282 e. The lowest BCUT2D eigenvalue weighted by Gasteiger charge is -2.31. The van der Waals surface area contributed by atoms with Gasteiger partial charge in [0.05, 0.1) is 16.7 Å². The lowest BCUT2D eigenvalue weighted by Crippen LogP contribution is -2.39. The summed E-state index contributed by atoms with van der Waals surface area (Å²) in [5.74, 6) is -0.0446. The molecule has 2 heterocycles. The molecule has 0 saturated carbocycles. The third-order valence-electron chi connectivity index (χ3n) is 4.46. The maximum Gasteiger partial charge on any atom is 0.416 e. The number of rotatable bonds is 3. The lowest BCUT2D eigenvalue weighted by molar-refractivity contribution is -0.137. The highest BCUT2D eigenvalue weighted by Gasteiger charge is 2.35. The van der Waals surface area contributed by atoms with E-state index in [0.717, 1.165) is 29.8 Å². The molecule has 3 rings (SSSR count). The maximum atomic E-state index is 12.9. The molecule has 2 aromatic rings. The third kappa shape index (κ3) is 3.57. The van der Waals surface area contributed by atoms with E-state index in [9.17, 15) is 21.6 Å². The van der Waals surface area contributed by atoms with Crippen LogP contribution in [0.1, 0.15) is 35.6 Å². The average molecular weight is 373 g/mol. The Hall–Kier alpha value is -1.87. The van der Waals surface area contributed by atoms with Crippen LogP contribution in [-0.4, -0.2) is 36.0 Å². The summed E-state index contributed by atoms with van der Waals surface area (Å²) in [6.07, 6.45) is -1.46. The van der Waals surface area contributed by atoms with Gasteiger partial charge in [0.25, 0.3) is 0 Å². The number of halogens is 3. The standard InChI is InChI=1S/C16H18F3N3O2S/c1-11-9-20-21-15(11)12-4-3-7-22(10-12)25(23,24)14-6-2-5-13(8-14)16(17,18)19/h2,5-6,8-9,12H,3-4,7,10H2,1H3,(H,20,21). The maximum absolute atomic E-state index is 12.9. The van der Waals surface area contributed by atoms with Crippen LogP contribution in [0, 0.1) is 6.92 Å². The highest BCUT2D eigenvalue weighted by atomic mass is 32.2. The Balaban J connectivity index is 1.88. The molecule has 1 fully saturated rings. The molecular formula is C16H18F3N3O2S. The Labute approximate surface area is 143 Å². The summed E-state index contributed by atoms with van der Waals surface area (Å²) in [6, 6.07) is 3.89. The van der Waals surface area contributed by atoms with Gasteiger partial charge in [-0.15, -0.1) is 0 Å². The molecule has 0 radical (unpaired) electrons. The van der Waals surface area contributed by atoms with Gasteiger partial charge >= 0.3 is 6.18 Å². The van der Waals surface area contributed by atoms with Gasteiger partial charge in [-0.1, -0.05) is 6.07 Å². The van der Waals surface area contributed by atoms with Crippen molar-refractivity contribution in [1.82, 2.24) is 14.5 Å². The van der Waals surface area contributed by atoms with Crippen molar-refractivity contribution in [3.8, 4) is 0 Å². The Bertz CT molecular complexity index is 862. The number of aryl methyl sites for hydroxylation is 1. The minimum absolute atomic E-state index is 0.0446. The van der Waals surface area contributed by atoms with Crippen LogP contribution < -0.4 is 0 Å². The number of aromatic amines is 1. The number of sulfonamides is 1. The zero-order valence-electron chi connectivity index (χ0n) is 13.5. The van der Waals surface area contributed by atoms with Crippen LogP contribution in [0.5, 0.6) is 0 Å². The predicted molar refractivity (Wildman–Crippen MR) is 85.5 cm³/mol. The monoisotopic (exact) mass is 373 g/mol. The number of nitrogens with zero attached hydrogens (tertiary/aromatic N) is 2. The molecule has 1 saturated heterocycles. The van der Waals surface area contributed by atoms with Crippen LogP contribution in [0.2, 0.25) is 0 Å². The first-order valence-corrected chi connectivity index (χ1v) is 9.31. The number of nitrogens with one attached hydrogen (secondary N) is 1. The van der Waals surface area contributed by atoms with Crippen molar-refractivity contribution in [1.29, 1.82) is 0 Å². The zero-order chi connectivity index (χ0) is 18.2. The smallest absolute Gasteiger partial charge is 0.282 e. The third-order valence-corrected chi connectivity index (χ3v) is 6.32. The van der Waals surface area contributed by atoms with E-state index >= 15 is 0 Å². The predicted octanol–water partition coefficient (Wildman–Crippen LogP) is 3.31. The van der Waals surface area contributed by atoms with Gasteiger partial charge in [-0.05, 0) is 43.5 Å². The van der Waals surface area contributed by atoms with Crippen molar-refractivity contribution in [2.75, 3.05) is 13.1 Å². The summed E-state index contributed by atoms with van der Waals surface area (Å²) in [5.41, 5.74) is 0.860. The van der Waals surface area contributed by atoms with Crippen molar-refractivity contribution < 1.29 is 21.6 Å². The topological polar surface area (TPSA) is 66.1 Å². The highest BCUT2D eigenvalue weighted by molar-refractivity contribution is 7.89. The SMILES string of the molecule is Cc1cn[nH]c1C1CCCN(S(=O)(=O)c2cccc(C(F)(F)F)c2)C1. The summed E-state index contributed by atoms with van der Waals surface area (Å²) in [5, 5.41) is 6.86. The first-order chi connectivity index (χ1) is 11.7. The fourth-order valence-electron chi connectivity index (χ4n) is 3.15. The average Bonchev–Trinajstić information content (AvgIpc) is 3.00. The first kappa shape index (κ1) is 17.9. The molecule has 0 amide bonds. The van der Waals surface area contributed by atoms with Gasteiger partial charge in [0.1, 0.15) is 0 Å². The van der Waals surface area contributed by atoms with Crippen LogP contribution in [0.4, 0.5) is 13.2 Å². The van der Waals surface area contributed by atoms with Gasteiger partial charge in [0, 0.05) is 24.7 Å². The molecule has 1 aliphatic rings. The van der Waals surface area contributed by atoms with E-state index in [1.54, 1.807) is 6.20 Å². The van der Waals surface area contributed by atoms with E-state index in [4.69, 9.17) is 0 Å². The van der Waals surface area contributed by atoms with Crippen LogP contribution in [0.3, 0.4) is 0 Å². The molecule has 1 N–H and O–H groups in total. The van der Waals surface area contributed by atoms with Crippen LogP contribution >= 0.6 is 0 Å². The number of piperidine rings is 1. The van der Waals surface area contributed by atoms with Crippen LogP contribution in [0.15, 0.2) is 35.4 Å². The van der Waals surface area contributed by atoms with E-state index in [2.05, 4.69) is 10.2 Å². The largest absolute Gasteiger partial charge is 0.416 e. The Morgan fingerprint density at radius 2 is 2.08 bits per heavy atom. The molecule has 0 bridgehead atoms. The zero-order valence-corrected chi connectivity index (χ0v) is 14.4. The Morgan fingerprint density at radius 3 is 2.72 bits per heavy atom. The minimum atomic E-state index is -4.58. The number of hydrogen-bond acceptors (Lipinski definition) is 3. The van der Waals surface area contributed by atoms with E-state index in [1.807, 2.05) is 6.92 Å². The number of H-pyrrole nitrogens is 1. The van der Waals surface area contributed by atoms with Crippen LogP contribution in [-0.2, 0) is 16.2 Å². The molecule has 1 aromatic carbocycles. The number of alkyl halides is 3. The number of benzene rings is 1. The highest BCUT2D eigenvalue weighted by Crippen LogP contribution is 2.33. The Morgan fingerprint density at radius 1 is 1.32 bits per heavy atom. The summed E-state index contributed by atoms with van der Waals surface area (Å²) < 4.78 is 65.5. The summed E-state index contributed by atoms with van der Waals surface area (Å²) >= 11 is 0. The van der Waals surface area contributed by atoms with Gasteiger partial charge in [-0.3, -0.25) is 5.10 Å². The fraction of sp³-hybridized carbons (Fsp3) is 0.438. The van der Waals surface area contributed by atoms with Gasteiger partial charge in [-0.25, -0.2) is 8.42 Å². The van der Waals surface area contributed by atoms with Crippen molar-refractivity contribution in [3.63, 3.8) is 0 Å². The number of hydrogen-bond donors (Lipinski definition) is 1. The molecule has 0 aliphatic carbocycles. The molecule has 9 heteroatoms. The lowest BCUT2D eigenvalue weighted by atomic mass is 9.94. The fourth-order valence-corrected chi connectivity index (χ4v) is 4.72. The molecule has 25 heavy (non-hydrogen) atoms. The summed E-state index contributed by atoms with van der Waals surface area (Å²) in [4.78, 5) is -0.329. The second kappa shape index (κ2) is 6.45. The number of aromatic nitrogens is 2. The van der Waals surface area contributed by atoms with E-state index in [-0.39, 0.29) is 17.4 Å². The molecule has 1 aromatic heterocycles. The molecule has 1 atom stereocenters.